The molecule has 5 unspecified atom stereocenters. The lowest BCUT2D eigenvalue weighted by atomic mass is 9.98. The van der Waals surface area contributed by atoms with E-state index < -0.39 is 10.2 Å². The van der Waals surface area contributed by atoms with Gasteiger partial charge in [0, 0.05) is 31.7 Å². The monoisotopic (exact) mass is 285 g/mol. The first-order valence-electron chi connectivity index (χ1n) is 7.58. The minimum atomic E-state index is -3.22. The SMILES string of the molecule is NC1CCC2CN(S(=O)(=O)N3CC4CCC3C4)CC12. The molecule has 4 fully saturated rings. The van der Waals surface area contributed by atoms with Crippen LogP contribution in [0.4, 0.5) is 0 Å². The van der Waals surface area contributed by atoms with Gasteiger partial charge in [-0.15, -0.1) is 0 Å². The van der Waals surface area contributed by atoms with E-state index in [0.29, 0.717) is 30.8 Å². The Hall–Kier alpha value is -0.170. The highest BCUT2D eigenvalue weighted by molar-refractivity contribution is 7.86. The quantitative estimate of drug-likeness (QED) is 0.798. The average Bonchev–Trinajstić information content (AvgIpc) is 3.10. The highest BCUT2D eigenvalue weighted by atomic mass is 32.2. The summed E-state index contributed by atoms with van der Waals surface area (Å²) in [5.41, 5.74) is 6.10. The summed E-state index contributed by atoms with van der Waals surface area (Å²) in [6.07, 6.45) is 5.53. The van der Waals surface area contributed by atoms with Crippen LogP contribution in [-0.4, -0.2) is 48.7 Å². The number of piperidine rings is 1. The highest BCUT2D eigenvalue weighted by Gasteiger charge is 2.50. The predicted molar refractivity (Wildman–Crippen MR) is 72.5 cm³/mol. The zero-order chi connectivity index (χ0) is 13.2. The van der Waals surface area contributed by atoms with Gasteiger partial charge in [0.2, 0.25) is 0 Å². The van der Waals surface area contributed by atoms with Crippen molar-refractivity contribution in [1.29, 1.82) is 0 Å². The predicted octanol–water partition coefficient (Wildman–Crippen LogP) is 0.385. The van der Waals surface area contributed by atoms with Crippen LogP contribution in [0.1, 0.15) is 32.1 Å². The molecular formula is C13H23N3O2S. The van der Waals surface area contributed by atoms with E-state index in [2.05, 4.69) is 0 Å². The first-order chi connectivity index (χ1) is 9.05. The molecule has 4 rings (SSSR count). The third-order valence-electron chi connectivity index (χ3n) is 5.86. The Morgan fingerprint density at radius 1 is 1.00 bits per heavy atom. The lowest BCUT2D eigenvalue weighted by molar-refractivity contribution is 0.299. The normalized spacial score (nSPS) is 47.1. The first-order valence-corrected chi connectivity index (χ1v) is 8.98. The summed E-state index contributed by atoms with van der Waals surface area (Å²) in [6.45, 7) is 2.11. The van der Waals surface area contributed by atoms with Crippen LogP contribution in [0, 0.1) is 17.8 Å². The van der Waals surface area contributed by atoms with E-state index in [1.54, 1.807) is 8.61 Å². The van der Waals surface area contributed by atoms with E-state index in [-0.39, 0.29) is 12.1 Å². The number of hydrogen-bond donors (Lipinski definition) is 1. The van der Waals surface area contributed by atoms with Crippen molar-refractivity contribution in [2.45, 2.75) is 44.2 Å². The van der Waals surface area contributed by atoms with Crippen LogP contribution >= 0.6 is 0 Å². The van der Waals surface area contributed by atoms with Crippen LogP contribution in [-0.2, 0) is 10.2 Å². The molecule has 4 aliphatic rings. The smallest absolute Gasteiger partial charge is 0.282 e. The summed E-state index contributed by atoms with van der Waals surface area (Å²) >= 11 is 0. The van der Waals surface area contributed by atoms with E-state index in [1.165, 1.54) is 6.42 Å². The molecule has 0 radical (unpaired) electrons. The van der Waals surface area contributed by atoms with Gasteiger partial charge in [0.25, 0.3) is 10.2 Å². The molecule has 2 N–H and O–H groups in total. The van der Waals surface area contributed by atoms with Gasteiger partial charge in [-0.05, 0) is 49.9 Å². The molecule has 19 heavy (non-hydrogen) atoms. The van der Waals surface area contributed by atoms with Gasteiger partial charge >= 0.3 is 0 Å². The van der Waals surface area contributed by atoms with Gasteiger partial charge in [-0.3, -0.25) is 0 Å². The Morgan fingerprint density at radius 2 is 1.84 bits per heavy atom. The van der Waals surface area contributed by atoms with E-state index in [1.807, 2.05) is 0 Å². The van der Waals surface area contributed by atoms with Crippen molar-refractivity contribution >= 4 is 10.2 Å². The van der Waals surface area contributed by atoms with Gasteiger partial charge in [0.1, 0.15) is 0 Å². The minimum absolute atomic E-state index is 0.209. The molecule has 2 aliphatic carbocycles. The van der Waals surface area contributed by atoms with Crippen molar-refractivity contribution in [2.24, 2.45) is 23.5 Å². The van der Waals surface area contributed by atoms with Crippen molar-refractivity contribution in [3.05, 3.63) is 0 Å². The molecule has 5 nitrogen and oxygen atoms in total. The van der Waals surface area contributed by atoms with Crippen LogP contribution in [0.5, 0.6) is 0 Å². The molecule has 2 aliphatic heterocycles. The van der Waals surface area contributed by atoms with Crippen LogP contribution in [0.25, 0.3) is 0 Å². The Labute approximate surface area is 115 Å². The summed E-state index contributed by atoms with van der Waals surface area (Å²) in [4.78, 5) is 0. The maximum Gasteiger partial charge on any atom is 0.282 e. The fourth-order valence-electron chi connectivity index (χ4n) is 4.77. The minimum Gasteiger partial charge on any atom is -0.327 e. The topological polar surface area (TPSA) is 66.6 Å². The van der Waals surface area contributed by atoms with E-state index in [0.717, 1.165) is 32.2 Å². The summed E-state index contributed by atoms with van der Waals surface area (Å²) in [6, 6.07) is 0.490. The molecule has 0 aromatic rings. The largest absolute Gasteiger partial charge is 0.327 e. The molecule has 0 aromatic carbocycles. The third-order valence-corrected chi connectivity index (χ3v) is 7.85. The summed E-state index contributed by atoms with van der Waals surface area (Å²) in [5.74, 6) is 1.52. The molecule has 108 valence electrons. The Balaban J connectivity index is 1.53. The van der Waals surface area contributed by atoms with Crippen molar-refractivity contribution < 1.29 is 8.42 Å². The third kappa shape index (κ3) is 1.80. The van der Waals surface area contributed by atoms with Crippen molar-refractivity contribution in [2.75, 3.05) is 19.6 Å². The van der Waals surface area contributed by atoms with E-state index >= 15 is 0 Å². The second-order valence-corrected chi connectivity index (χ2v) is 8.77. The summed E-state index contributed by atoms with van der Waals surface area (Å²) in [7, 11) is -3.22. The number of rotatable bonds is 2. The fourth-order valence-corrected chi connectivity index (χ4v) is 6.77. The van der Waals surface area contributed by atoms with Crippen LogP contribution < -0.4 is 5.73 Å². The number of fused-ring (bicyclic) bond motifs is 3. The lowest BCUT2D eigenvalue weighted by Crippen LogP contribution is -2.47. The Morgan fingerprint density at radius 3 is 2.47 bits per heavy atom. The van der Waals surface area contributed by atoms with Crippen LogP contribution in [0.15, 0.2) is 0 Å². The second kappa shape index (κ2) is 4.16. The zero-order valence-corrected chi connectivity index (χ0v) is 12.1. The lowest BCUT2D eigenvalue weighted by Gasteiger charge is -2.30. The average molecular weight is 285 g/mol. The molecule has 2 saturated carbocycles. The molecule has 2 saturated heterocycles. The zero-order valence-electron chi connectivity index (χ0n) is 11.2. The number of hydrogen-bond acceptors (Lipinski definition) is 3. The van der Waals surface area contributed by atoms with Gasteiger partial charge in [-0.2, -0.15) is 17.0 Å². The highest BCUT2D eigenvalue weighted by Crippen LogP contribution is 2.43. The second-order valence-electron chi connectivity index (χ2n) is 6.89. The number of nitrogens with two attached hydrogens (primary N) is 1. The van der Waals surface area contributed by atoms with E-state index in [9.17, 15) is 8.42 Å². The standard InChI is InChI=1S/C13H23N3O2S/c14-13-4-2-10-7-15(8-12(10)13)19(17,18)16-6-9-1-3-11(16)5-9/h9-13H,1-8,14H2. The maximum atomic E-state index is 12.8. The van der Waals surface area contributed by atoms with Gasteiger partial charge in [0.15, 0.2) is 0 Å². The number of nitrogens with zero attached hydrogens (tertiary/aromatic N) is 2. The molecule has 5 atom stereocenters. The maximum absolute atomic E-state index is 12.8. The van der Waals surface area contributed by atoms with Gasteiger partial charge < -0.3 is 5.73 Å². The summed E-state index contributed by atoms with van der Waals surface area (Å²) in [5, 5.41) is 0. The fraction of sp³-hybridized carbons (Fsp3) is 1.00. The van der Waals surface area contributed by atoms with Crippen molar-refractivity contribution in [3.63, 3.8) is 0 Å². The molecule has 2 heterocycles. The van der Waals surface area contributed by atoms with Crippen molar-refractivity contribution in [1.82, 2.24) is 8.61 Å². The van der Waals surface area contributed by atoms with Gasteiger partial charge in [-0.25, -0.2) is 0 Å². The van der Waals surface area contributed by atoms with Crippen LogP contribution in [0.3, 0.4) is 0 Å². The Bertz CT molecular complexity index is 480. The molecule has 0 amide bonds. The molecule has 0 spiro atoms. The Kier molecular flexibility index (Phi) is 2.75. The molecular weight excluding hydrogens is 262 g/mol. The van der Waals surface area contributed by atoms with Gasteiger partial charge in [0.05, 0.1) is 0 Å². The summed E-state index contributed by atoms with van der Waals surface area (Å²) < 4.78 is 29.1. The van der Waals surface area contributed by atoms with E-state index in [4.69, 9.17) is 5.73 Å². The van der Waals surface area contributed by atoms with Gasteiger partial charge in [-0.1, -0.05) is 0 Å². The van der Waals surface area contributed by atoms with Crippen molar-refractivity contribution in [3.8, 4) is 0 Å². The first kappa shape index (κ1) is 12.6. The van der Waals surface area contributed by atoms with Crippen LogP contribution in [0.2, 0.25) is 0 Å². The molecule has 6 heteroatoms. The molecule has 2 bridgehead atoms. The molecule has 0 aromatic heterocycles.